The first-order chi connectivity index (χ1) is 8.61. The molecule has 1 aromatic heterocycles. The Labute approximate surface area is 112 Å². The number of nitrogens with zero attached hydrogens (tertiary/aromatic N) is 2. The van der Waals surface area contributed by atoms with Gasteiger partial charge in [0, 0.05) is 6.07 Å². The summed E-state index contributed by atoms with van der Waals surface area (Å²) in [6.07, 6.45) is 1.21. The monoisotopic (exact) mass is 288 g/mol. The highest BCUT2D eigenvalue weighted by Crippen LogP contribution is 2.37. The topological polar surface area (TPSA) is 44.2 Å². The fourth-order valence-electron chi connectivity index (χ4n) is 1.25. The van der Waals surface area contributed by atoms with Gasteiger partial charge >= 0.3 is 0 Å². The molecule has 0 aliphatic heterocycles. The van der Waals surface area contributed by atoms with Crippen LogP contribution in [0.4, 0.5) is 4.39 Å². The zero-order valence-corrected chi connectivity index (χ0v) is 10.7. The molecule has 2 aromatic rings. The van der Waals surface area contributed by atoms with E-state index in [4.69, 9.17) is 32.7 Å². The number of aromatic nitrogens is 2. The van der Waals surface area contributed by atoms with E-state index < -0.39 is 5.82 Å². The number of hydrogen-bond donors (Lipinski definition) is 0. The average Bonchev–Trinajstić information content (AvgIpc) is 2.35. The van der Waals surface area contributed by atoms with E-state index in [0.29, 0.717) is 0 Å². The number of methoxy groups -OCH3 is 1. The molecule has 2 rings (SSSR count). The summed E-state index contributed by atoms with van der Waals surface area (Å²) < 4.78 is 23.4. The number of halogens is 3. The van der Waals surface area contributed by atoms with Gasteiger partial charge in [-0.2, -0.15) is 0 Å². The van der Waals surface area contributed by atoms with Crippen LogP contribution in [0, 0.1) is 5.82 Å². The van der Waals surface area contributed by atoms with Crippen LogP contribution in [0.25, 0.3) is 0 Å². The number of ether oxygens (including phenoxy) is 2. The Morgan fingerprint density at radius 2 is 1.78 bits per heavy atom. The van der Waals surface area contributed by atoms with Crippen LogP contribution in [-0.2, 0) is 0 Å². The molecule has 0 spiro atoms. The Bertz CT molecular complexity index is 561. The fourth-order valence-corrected chi connectivity index (χ4v) is 1.64. The summed E-state index contributed by atoms with van der Waals surface area (Å²) in [7, 11) is 1.40. The molecular weight excluding hydrogens is 282 g/mol. The maximum Gasteiger partial charge on any atom is 0.202 e. The predicted molar refractivity (Wildman–Crippen MR) is 65.1 cm³/mol. The van der Waals surface area contributed by atoms with Crippen LogP contribution in [0.15, 0.2) is 24.5 Å². The molecule has 0 N–H and O–H groups in total. The molecule has 18 heavy (non-hydrogen) atoms. The van der Waals surface area contributed by atoms with Gasteiger partial charge in [-0.1, -0.05) is 23.2 Å². The number of hydrogen-bond acceptors (Lipinski definition) is 4. The van der Waals surface area contributed by atoms with Crippen molar-refractivity contribution in [3.8, 4) is 17.2 Å². The molecule has 0 saturated carbocycles. The van der Waals surface area contributed by atoms with Gasteiger partial charge in [0.1, 0.15) is 12.1 Å². The first-order valence-electron chi connectivity index (χ1n) is 4.79. The lowest BCUT2D eigenvalue weighted by atomic mass is 10.3. The quantitative estimate of drug-likeness (QED) is 0.808. The molecule has 1 heterocycles. The van der Waals surface area contributed by atoms with Gasteiger partial charge in [0.25, 0.3) is 0 Å². The van der Waals surface area contributed by atoms with E-state index in [1.807, 2.05) is 0 Å². The SMILES string of the molecule is COc1cc(F)ccc1Oc1c(Cl)ncnc1Cl. The van der Waals surface area contributed by atoms with Gasteiger partial charge in [-0.3, -0.25) is 0 Å². The lowest BCUT2D eigenvalue weighted by molar-refractivity contribution is 0.375. The second-order valence-corrected chi connectivity index (χ2v) is 3.90. The molecule has 4 nitrogen and oxygen atoms in total. The van der Waals surface area contributed by atoms with E-state index in [1.54, 1.807) is 0 Å². The normalized spacial score (nSPS) is 10.2. The van der Waals surface area contributed by atoms with Crippen molar-refractivity contribution in [2.45, 2.75) is 0 Å². The zero-order valence-electron chi connectivity index (χ0n) is 9.15. The van der Waals surface area contributed by atoms with Gasteiger partial charge in [-0.15, -0.1) is 0 Å². The summed E-state index contributed by atoms with van der Waals surface area (Å²) in [6.45, 7) is 0. The molecule has 0 unspecified atom stereocenters. The highest BCUT2D eigenvalue weighted by Gasteiger charge is 2.14. The lowest BCUT2D eigenvalue weighted by Crippen LogP contribution is -1.94. The van der Waals surface area contributed by atoms with Crippen LogP contribution < -0.4 is 9.47 Å². The van der Waals surface area contributed by atoms with Crippen molar-refractivity contribution >= 4 is 23.2 Å². The van der Waals surface area contributed by atoms with E-state index in [0.717, 1.165) is 0 Å². The highest BCUT2D eigenvalue weighted by atomic mass is 35.5. The van der Waals surface area contributed by atoms with Crippen molar-refractivity contribution in [3.05, 3.63) is 40.6 Å². The molecule has 0 aliphatic carbocycles. The van der Waals surface area contributed by atoms with Crippen LogP contribution in [0.5, 0.6) is 17.2 Å². The van der Waals surface area contributed by atoms with Gasteiger partial charge in [-0.05, 0) is 12.1 Å². The molecule has 0 atom stereocenters. The summed E-state index contributed by atoms with van der Waals surface area (Å²) in [5.41, 5.74) is 0. The third-order valence-electron chi connectivity index (χ3n) is 2.05. The Morgan fingerprint density at radius 3 is 2.39 bits per heavy atom. The maximum atomic E-state index is 13.0. The van der Waals surface area contributed by atoms with E-state index in [-0.39, 0.29) is 27.6 Å². The fraction of sp³-hybridized carbons (Fsp3) is 0.0909. The minimum Gasteiger partial charge on any atom is -0.493 e. The third kappa shape index (κ3) is 2.63. The smallest absolute Gasteiger partial charge is 0.202 e. The average molecular weight is 289 g/mol. The molecular formula is C11H7Cl2FN2O2. The molecule has 0 bridgehead atoms. The van der Waals surface area contributed by atoms with Crippen molar-refractivity contribution in [2.75, 3.05) is 7.11 Å². The molecule has 0 aliphatic rings. The van der Waals surface area contributed by atoms with Gasteiger partial charge in [0.15, 0.2) is 21.8 Å². The molecule has 0 radical (unpaired) electrons. The Morgan fingerprint density at radius 1 is 1.11 bits per heavy atom. The van der Waals surface area contributed by atoms with Gasteiger partial charge in [0.2, 0.25) is 5.75 Å². The molecule has 1 aromatic carbocycles. The second-order valence-electron chi connectivity index (χ2n) is 3.18. The van der Waals surface area contributed by atoms with Crippen LogP contribution in [0.2, 0.25) is 10.3 Å². The standard InChI is InChI=1S/C11H7Cl2FN2O2/c1-17-8-4-6(14)2-3-7(8)18-9-10(12)15-5-16-11(9)13/h2-5H,1H3. The van der Waals surface area contributed by atoms with Crippen LogP contribution >= 0.6 is 23.2 Å². The lowest BCUT2D eigenvalue weighted by Gasteiger charge is -2.11. The van der Waals surface area contributed by atoms with E-state index in [9.17, 15) is 4.39 Å². The third-order valence-corrected chi connectivity index (χ3v) is 2.59. The molecule has 0 amide bonds. The first kappa shape index (κ1) is 12.9. The summed E-state index contributed by atoms with van der Waals surface area (Å²) in [5, 5.41) is 0.114. The van der Waals surface area contributed by atoms with Crippen molar-refractivity contribution in [3.63, 3.8) is 0 Å². The van der Waals surface area contributed by atoms with Gasteiger partial charge in [0.05, 0.1) is 7.11 Å². The van der Waals surface area contributed by atoms with E-state index in [1.165, 1.54) is 31.6 Å². The predicted octanol–water partition coefficient (Wildman–Crippen LogP) is 3.72. The number of benzene rings is 1. The Hall–Kier alpha value is -1.59. The van der Waals surface area contributed by atoms with Gasteiger partial charge in [-0.25, -0.2) is 14.4 Å². The van der Waals surface area contributed by atoms with Crippen molar-refractivity contribution in [1.82, 2.24) is 9.97 Å². The van der Waals surface area contributed by atoms with Crippen molar-refractivity contribution in [1.29, 1.82) is 0 Å². The van der Waals surface area contributed by atoms with Crippen molar-refractivity contribution < 1.29 is 13.9 Å². The molecule has 94 valence electrons. The second kappa shape index (κ2) is 5.37. The maximum absolute atomic E-state index is 13.0. The van der Waals surface area contributed by atoms with Gasteiger partial charge < -0.3 is 9.47 Å². The minimum absolute atomic E-state index is 0.0568. The number of rotatable bonds is 3. The zero-order chi connectivity index (χ0) is 13.1. The minimum atomic E-state index is -0.444. The highest BCUT2D eigenvalue weighted by molar-refractivity contribution is 6.35. The molecule has 0 fully saturated rings. The largest absolute Gasteiger partial charge is 0.493 e. The summed E-state index contributed by atoms with van der Waals surface area (Å²) in [4.78, 5) is 7.48. The van der Waals surface area contributed by atoms with E-state index >= 15 is 0 Å². The Kier molecular flexibility index (Phi) is 3.84. The van der Waals surface area contributed by atoms with Crippen LogP contribution in [0.1, 0.15) is 0 Å². The first-order valence-corrected chi connectivity index (χ1v) is 5.55. The van der Waals surface area contributed by atoms with Crippen LogP contribution in [-0.4, -0.2) is 17.1 Å². The Balaban J connectivity index is 2.40. The summed E-state index contributed by atoms with van der Waals surface area (Å²) in [6, 6.07) is 3.80. The van der Waals surface area contributed by atoms with Crippen molar-refractivity contribution in [2.24, 2.45) is 0 Å². The summed E-state index contributed by atoms with van der Waals surface area (Å²) >= 11 is 11.7. The molecule has 7 heteroatoms. The van der Waals surface area contributed by atoms with Crippen LogP contribution in [0.3, 0.4) is 0 Å². The molecule has 0 saturated heterocycles. The summed E-state index contributed by atoms with van der Waals surface area (Å²) in [5.74, 6) is 0.120. The van der Waals surface area contributed by atoms with E-state index in [2.05, 4.69) is 9.97 Å².